The van der Waals surface area contributed by atoms with Crippen molar-refractivity contribution in [1.29, 1.82) is 0 Å². The summed E-state index contributed by atoms with van der Waals surface area (Å²) in [4.78, 5) is 23.2. The molecule has 0 aromatic heterocycles. The van der Waals surface area contributed by atoms with E-state index in [0.29, 0.717) is 11.3 Å². The molecule has 118 valence electrons. The number of anilines is 1. The number of halogens is 2. The van der Waals surface area contributed by atoms with E-state index in [-0.39, 0.29) is 16.6 Å². The molecule has 0 heterocycles. The largest absolute Gasteiger partial charge is 0.478 e. The van der Waals surface area contributed by atoms with Gasteiger partial charge in [0.2, 0.25) is 0 Å². The monoisotopic (exact) mass is 552 g/mol. The van der Waals surface area contributed by atoms with Gasteiger partial charge in [0.1, 0.15) is 0 Å². The van der Waals surface area contributed by atoms with Gasteiger partial charge in [-0.1, -0.05) is 6.07 Å². The fourth-order valence-corrected chi connectivity index (χ4v) is 3.02. The van der Waals surface area contributed by atoms with E-state index in [0.717, 1.165) is 7.14 Å². The molecule has 0 radical (unpaired) electrons. The van der Waals surface area contributed by atoms with Crippen molar-refractivity contribution in [1.82, 2.24) is 5.32 Å². The number of thiocarbonyl (C=S) groups is 1. The first kappa shape index (κ1) is 18.1. The number of carboxylic acids is 1. The average Bonchev–Trinajstić information content (AvgIpc) is 2.49. The fourth-order valence-electron chi connectivity index (χ4n) is 1.73. The third-order valence-electron chi connectivity index (χ3n) is 2.77. The Labute approximate surface area is 165 Å². The minimum Gasteiger partial charge on any atom is -0.478 e. The summed E-state index contributed by atoms with van der Waals surface area (Å²) in [5.41, 5.74) is 1.16. The zero-order valence-electron chi connectivity index (χ0n) is 11.5. The summed E-state index contributed by atoms with van der Waals surface area (Å²) < 4.78 is 1.76. The molecular weight excluding hydrogens is 542 g/mol. The first-order valence-electron chi connectivity index (χ1n) is 6.27. The Morgan fingerprint density at radius 1 is 1.09 bits per heavy atom. The maximum atomic E-state index is 12.3. The molecule has 8 heteroatoms. The average molecular weight is 552 g/mol. The highest BCUT2D eigenvalue weighted by atomic mass is 127. The van der Waals surface area contributed by atoms with E-state index in [4.69, 9.17) is 17.3 Å². The predicted octanol–water partition coefficient (Wildman–Crippen LogP) is 3.72. The summed E-state index contributed by atoms with van der Waals surface area (Å²) in [6.07, 6.45) is 0. The highest BCUT2D eigenvalue weighted by Gasteiger charge is 2.12. The Morgan fingerprint density at radius 2 is 1.83 bits per heavy atom. The van der Waals surface area contributed by atoms with Crippen LogP contribution in [-0.2, 0) is 0 Å². The SMILES string of the molecule is O=C(O)c1cccc(NC(=S)NC(=O)c2cc(I)ccc2I)c1. The number of aromatic carboxylic acids is 1. The molecule has 23 heavy (non-hydrogen) atoms. The molecule has 0 aliphatic carbocycles. The van der Waals surface area contributed by atoms with Crippen LogP contribution in [0.5, 0.6) is 0 Å². The first-order chi connectivity index (χ1) is 10.9. The molecule has 3 N–H and O–H groups in total. The number of carbonyl (C=O) groups is 2. The van der Waals surface area contributed by atoms with Crippen molar-refractivity contribution in [3.05, 3.63) is 60.7 Å². The Bertz CT molecular complexity index is 796. The van der Waals surface area contributed by atoms with Crippen LogP contribution in [0.25, 0.3) is 0 Å². The molecule has 2 aromatic rings. The molecule has 0 fully saturated rings. The van der Waals surface area contributed by atoms with Crippen LogP contribution >= 0.6 is 57.4 Å². The molecule has 2 aromatic carbocycles. The molecule has 0 saturated heterocycles. The van der Waals surface area contributed by atoms with Crippen LogP contribution in [0.3, 0.4) is 0 Å². The lowest BCUT2D eigenvalue weighted by Gasteiger charge is -2.11. The summed E-state index contributed by atoms with van der Waals surface area (Å²) >= 11 is 9.31. The molecule has 5 nitrogen and oxygen atoms in total. The van der Waals surface area contributed by atoms with Gasteiger partial charge in [-0.2, -0.15) is 0 Å². The molecule has 0 bridgehead atoms. The maximum Gasteiger partial charge on any atom is 0.335 e. The van der Waals surface area contributed by atoms with E-state index in [1.165, 1.54) is 12.1 Å². The van der Waals surface area contributed by atoms with Gasteiger partial charge >= 0.3 is 5.97 Å². The number of carbonyl (C=O) groups excluding carboxylic acids is 1. The van der Waals surface area contributed by atoms with Gasteiger partial charge < -0.3 is 10.4 Å². The second-order valence-electron chi connectivity index (χ2n) is 4.42. The number of hydrogen-bond acceptors (Lipinski definition) is 3. The number of nitrogens with one attached hydrogen (secondary N) is 2. The van der Waals surface area contributed by atoms with E-state index in [9.17, 15) is 9.59 Å². The van der Waals surface area contributed by atoms with Crippen molar-refractivity contribution >= 4 is 80.1 Å². The summed E-state index contributed by atoms with van der Waals surface area (Å²) in [5.74, 6) is -1.35. The van der Waals surface area contributed by atoms with Gasteiger partial charge in [-0.3, -0.25) is 10.1 Å². The van der Waals surface area contributed by atoms with E-state index in [2.05, 4.69) is 55.8 Å². The highest BCUT2D eigenvalue weighted by Crippen LogP contribution is 2.16. The first-order valence-corrected chi connectivity index (χ1v) is 8.84. The maximum absolute atomic E-state index is 12.3. The minimum atomic E-state index is -1.03. The quantitative estimate of drug-likeness (QED) is 0.400. The van der Waals surface area contributed by atoms with Crippen LogP contribution in [0, 0.1) is 7.14 Å². The number of benzene rings is 2. The van der Waals surface area contributed by atoms with Gasteiger partial charge in [-0.15, -0.1) is 0 Å². The summed E-state index contributed by atoms with van der Waals surface area (Å²) in [5, 5.41) is 14.5. The van der Waals surface area contributed by atoms with Crippen molar-refractivity contribution in [3.8, 4) is 0 Å². The predicted molar refractivity (Wildman–Crippen MR) is 109 cm³/mol. The summed E-state index contributed by atoms with van der Waals surface area (Å²) in [6, 6.07) is 11.7. The van der Waals surface area contributed by atoms with Crippen molar-refractivity contribution in [2.24, 2.45) is 0 Å². The van der Waals surface area contributed by atoms with E-state index in [1.54, 1.807) is 18.2 Å². The lowest BCUT2D eigenvalue weighted by atomic mass is 10.2. The molecule has 2 rings (SSSR count). The van der Waals surface area contributed by atoms with Crippen LogP contribution in [0.15, 0.2) is 42.5 Å². The third kappa shape index (κ3) is 5.11. The Morgan fingerprint density at radius 3 is 2.52 bits per heavy atom. The third-order valence-corrected chi connectivity index (χ3v) is 4.58. The van der Waals surface area contributed by atoms with Crippen LogP contribution in [0.2, 0.25) is 0 Å². The topological polar surface area (TPSA) is 78.4 Å². The molecule has 0 unspecified atom stereocenters. The van der Waals surface area contributed by atoms with E-state index in [1.807, 2.05) is 12.1 Å². The molecule has 1 amide bonds. The molecule has 0 atom stereocenters. The van der Waals surface area contributed by atoms with Gasteiger partial charge in [0.25, 0.3) is 5.91 Å². The van der Waals surface area contributed by atoms with Crippen LogP contribution in [-0.4, -0.2) is 22.1 Å². The lowest BCUT2D eigenvalue weighted by Crippen LogP contribution is -2.34. The van der Waals surface area contributed by atoms with E-state index >= 15 is 0 Å². The highest BCUT2D eigenvalue weighted by molar-refractivity contribution is 14.1. The molecule has 0 aliphatic rings. The number of carboxylic acid groups (broad SMARTS) is 1. The Hall–Kier alpha value is -1.27. The van der Waals surface area contributed by atoms with Gasteiger partial charge in [0, 0.05) is 12.8 Å². The minimum absolute atomic E-state index is 0.104. The summed E-state index contributed by atoms with van der Waals surface area (Å²) in [6.45, 7) is 0. The standard InChI is InChI=1S/C15H10I2N2O3S/c16-9-4-5-12(17)11(7-9)13(20)19-15(23)18-10-3-1-2-8(6-10)14(21)22/h1-7H,(H,21,22)(H2,18,19,20,23). The van der Waals surface area contributed by atoms with E-state index < -0.39 is 5.97 Å². The van der Waals surface area contributed by atoms with Crippen LogP contribution in [0.1, 0.15) is 20.7 Å². The second-order valence-corrected chi connectivity index (χ2v) is 7.23. The van der Waals surface area contributed by atoms with Gasteiger partial charge in [-0.05, 0) is 93.8 Å². The van der Waals surface area contributed by atoms with Gasteiger partial charge in [0.05, 0.1) is 11.1 Å². The summed E-state index contributed by atoms with van der Waals surface area (Å²) in [7, 11) is 0. The molecule has 0 saturated carbocycles. The zero-order chi connectivity index (χ0) is 17.0. The number of hydrogen-bond donors (Lipinski definition) is 3. The lowest BCUT2D eigenvalue weighted by molar-refractivity contribution is 0.0696. The van der Waals surface area contributed by atoms with Crippen LogP contribution < -0.4 is 10.6 Å². The molecule has 0 spiro atoms. The van der Waals surface area contributed by atoms with Gasteiger partial charge in [0.15, 0.2) is 5.11 Å². The molecule has 0 aliphatic heterocycles. The smallest absolute Gasteiger partial charge is 0.335 e. The number of rotatable bonds is 3. The van der Waals surface area contributed by atoms with Crippen molar-refractivity contribution in [2.75, 3.05) is 5.32 Å². The Balaban J connectivity index is 2.07. The van der Waals surface area contributed by atoms with Crippen molar-refractivity contribution in [2.45, 2.75) is 0 Å². The molecular formula is C15H10I2N2O3S. The number of amides is 1. The fraction of sp³-hybridized carbons (Fsp3) is 0. The van der Waals surface area contributed by atoms with Crippen molar-refractivity contribution in [3.63, 3.8) is 0 Å². The van der Waals surface area contributed by atoms with Crippen molar-refractivity contribution < 1.29 is 14.7 Å². The normalized spacial score (nSPS) is 10.0. The van der Waals surface area contributed by atoms with Crippen LogP contribution in [0.4, 0.5) is 5.69 Å². The second kappa shape index (κ2) is 8.02. The van der Waals surface area contributed by atoms with Gasteiger partial charge in [-0.25, -0.2) is 4.79 Å². The Kier molecular flexibility index (Phi) is 6.30. The zero-order valence-corrected chi connectivity index (χ0v) is 16.6.